The Kier molecular flexibility index (Phi) is 4.86. The first-order chi connectivity index (χ1) is 10.0. The fraction of sp³-hybridized carbons (Fsp3) is 0.333. The quantitative estimate of drug-likeness (QED) is 0.876. The van der Waals surface area contributed by atoms with E-state index in [0.717, 1.165) is 5.56 Å². The molecule has 21 heavy (non-hydrogen) atoms. The number of benzene rings is 2. The fourth-order valence-corrected chi connectivity index (χ4v) is 2.50. The van der Waals surface area contributed by atoms with Crippen LogP contribution in [-0.4, -0.2) is 12.2 Å². The van der Waals surface area contributed by atoms with Crippen LogP contribution in [-0.2, 0) is 6.54 Å². The van der Waals surface area contributed by atoms with Gasteiger partial charge in [0, 0.05) is 24.2 Å². The van der Waals surface area contributed by atoms with E-state index < -0.39 is 0 Å². The summed E-state index contributed by atoms with van der Waals surface area (Å²) >= 11 is 0. The molecule has 3 nitrogen and oxygen atoms in total. The normalized spacial score (nSPS) is 12.2. The van der Waals surface area contributed by atoms with E-state index >= 15 is 0 Å². The van der Waals surface area contributed by atoms with Crippen LogP contribution < -0.4 is 10.1 Å². The Morgan fingerprint density at radius 2 is 1.90 bits per heavy atom. The van der Waals surface area contributed by atoms with Gasteiger partial charge in [0.1, 0.15) is 11.5 Å². The molecule has 0 spiro atoms. The molecule has 2 aromatic carbocycles. The van der Waals surface area contributed by atoms with Crippen molar-refractivity contribution in [1.82, 2.24) is 5.32 Å². The van der Waals surface area contributed by atoms with E-state index in [1.807, 2.05) is 12.1 Å². The second-order valence-corrected chi connectivity index (χ2v) is 5.46. The lowest BCUT2D eigenvalue weighted by Gasteiger charge is -2.18. The Morgan fingerprint density at radius 3 is 2.52 bits per heavy atom. The molecule has 0 aromatic heterocycles. The number of nitrogens with one attached hydrogen (secondary N) is 1. The summed E-state index contributed by atoms with van der Waals surface area (Å²) in [6, 6.07) is 12.1. The predicted octanol–water partition coefficient (Wildman–Crippen LogP) is 3.87. The lowest BCUT2D eigenvalue weighted by atomic mass is 10.00. The summed E-state index contributed by atoms with van der Waals surface area (Å²) in [7, 11) is 1.59. The van der Waals surface area contributed by atoms with Gasteiger partial charge in [-0.1, -0.05) is 29.8 Å². The van der Waals surface area contributed by atoms with Crippen LogP contribution in [0.3, 0.4) is 0 Å². The van der Waals surface area contributed by atoms with Crippen molar-refractivity contribution in [1.29, 1.82) is 0 Å². The summed E-state index contributed by atoms with van der Waals surface area (Å²) in [6.45, 7) is 6.98. The molecule has 0 fully saturated rings. The van der Waals surface area contributed by atoms with Crippen molar-refractivity contribution in [3.63, 3.8) is 0 Å². The van der Waals surface area contributed by atoms with Gasteiger partial charge >= 0.3 is 0 Å². The molecule has 0 saturated heterocycles. The van der Waals surface area contributed by atoms with E-state index in [4.69, 9.17) is 4.74 Å². The Bertz CT molecular complexity index is 623. The van der Waals surface area contributed by atoms with Crippen molar-refractivity contribution in [3.8, 4) is 11.5 Å². The van der Waals surface area contributed by atoms with Crippen LogP contribution >= 0.6 is 0 Å². The molecule has 2 rings (SSSR count). The van der Waals surface area contributed by atoms with Gasteiger partial charge in [0.25, 0.3) is 0 Å². The monoisotopic (exact) mass is 285 g/mol. The molecule has 0 saturated carbocycles. The molecule has 0 aliphatic rings. The van der Waals surface area contributed by atoms with Gasteiger partial charge in [-0.15, -0.1) is 0 Å². The standard InChI is InChI=1S/C18H23NO2/c1-12-5-8-17(13(2)9-12)14(3)19-11-15-6-7-16(21-4)10-18(15)20/h5-10,14,19-20H,11H2,1-4H3. The third-order valence-electron chi connectivity index (χ3n) is 3.78. The van der Waals surface area contributed by atoms with Crippen LogP contribution in [0.1, 0.15) is 35.2 Å². The van der Waals surface area contributed by atoms with Crippen molar-refractivity contribution in [2.24, 2.45) is 0 Å². The smallest absolute Gasteiger partial charge is 0.123 e. The predicted molar refractivity (Wildman–Crippen MR) is 85.8 cm³/mol. The average Bonchev–Trinajstić information content (AvgIpc) is 2.45. The van der Waals surface area contributed by atoms with Crippen molar-refractivity contribution < 1.29 is 9.84 Å². The molecule has 1 atom stereocenters. The number of aryl methyl sites for hydroxylation is 2. The number of ether oxygens (including phenoxy) is 1. The number of rotatable bonds is 5. The molecule has 0 aliphatic heterocycles. The summed E-state index contributed by atoms with van der Waals surface area (Å²) in [5.41, 5.74) is 4.71. The number of methoxy groups -OCH3 is 1. The molecule has 2 N–H and O–H groups in total. The maximum atomic E-state index is 9.98. The number of hydrogen-bond donors (Lipinski definition) is 2. The van der Waals surface area contributed by atoms with E-state index in [2.05, 4.69) is 44.3 Å². The zero-order chi connectivity index (χ0) is 15.4. The van der Waals surface area contributed by atoms with Gasteiger partial charge in [-0.2, -0.15) is 0 Å². The van der Waals surface area contributed by atoms with Crippen LogP contribution in [0, 0.1) is 13.8 Å². The fourth-order valence-electron chi connectivity index (χ4n) is 2.50. The first-order valence-corrected chi connectivity index (χ1v) is 7.17. The van der Waals surface area contributed by atoms with Gasteiger partial charge in [-0.25, -0.2) is 0 Å². The lowest BCUT2D eigenvalue weighted by molar-refractivity contribution is 0.405. The SMILES string of the molecule is COc1ccc(CNC(C)c2ccc(C)cc2C)c(O)c1. The molecule has 0 radical (unpaired) electrons. The maximum absolute atomic E-state index is 9.98. The topological polar surface area (TPSA) is 41.5 Å². The highest BCUT2D eigenvalue weighted by Gasteiger charge is 2.09. The molecule has 0 bridgehead atoms. The second kappa shape index (κ2) is 6.64. The largest absolute Gasteiger partial charge is 0.507 e. The van der Waals surface area contributed by atoms with Crippen LogP contribution in [0.4, 0.5) is 0 Å². The van der Waals surface area contributed by atoms with E-state index in [1.165, 1.54) is 16.7 Å². The van der Waals surface area contributed by atoms with Crippen molar-refractivity contribution in [3.05, 3.63) is 58.7 Å². The van der Waals surface area contributed by atoms with Gasteiger partial charge in [0.05, 0.1) is 7.11 Å². The number of phenols is 1. The molecule has 3 heteroatoms. The summed E-state index contributed by atoms with van der Waals surface area (Å²) in [5.74, 6) is 0.924. The van der Waals surface area contributed by atoms with Crippen LogP contribution in [0.15, 0.2) is 36.4 Å². The van der Waals surface area contributed by atoms with E-state index in [-0.39, 0.29) is 11.8 Å². The molecular formula is C18H23NO2. The van der Waals surface area contributed by atoms with Crippen LogP contribution in [0.25, 0.3) is 0 Å². The molecular weight excluding hydrogens is 262 g/mol. The van der Waals surface area contributed by atoms with Gasteiger partial charge < -0.3 is 15.2 Å². The molecule has 1 unspecified atom stereocenters. The molecule has 0 heterocycles. The summed E-state index contributed by atoms with van der Waals surface area (Å²) in [4.78, 5) is 0. The van der Waals surface area contributed by atoms with Crippen LogP contribution in [0.5, 0.6) is 11.5 Å². The first-order valence-electron chi connectivity index (χ1n) is 7.17. The van der Waals surface area contributed by atoms with E-state index in [1.54, 1.807) is 13.2 Å². The Morgan fingerprint density at radius 1 is 1.14 bits per heavy atom. The molecule has 112 valence electrons. The molecule has 2 aromatic rings. The van der Waals surface area contributed by atoms with Gasteiger partial charge in [-0.3, -0.25) is 0 Å². The highest BCUT2D eigenvalue weighted by atomic mass is 16.5. The summed E-state index contributed by atoms with van der Waals surface area (Å²) < 4.78 is 5.09. The van der Waals surface area contributed by atoms with Gasteiger partial charge in [0.15, 0.2) is 0 Å². The summed E-state index contributed by atoms with van der Waals surface area (Å²) in [6.07, 6.45) is 0. The molecule has 0 amide bonds. The van der Waals surface area contributed by atoms with Gasteiger partial charge in [-0.05, 0) is 38.0 Å². The minimum absolute atomic E-state index is 0.229. The van der Waals surface area contributed by atoms with E-state index in [9.17, 15) is 5.11 Å². The lowest BCUT2D eigenvalue weighted by Crippen LogP contribution is -2.19. The third kappa shape index (κ3) is 3.76. The Hall–Kier alpha value is -2.00. The third-order valence-corrected chi connectivity index (χ3v) is 3.78. The van der Waals surface area contributed by atoms with Crippen molar-refractivity contribution >= 4 is 0 Å². The minimum atomic E-state index is 0.229. The molecule has 0 aliphatic carbocycles. The first kappa shape index (κ1) is 15.4. The Balaban J connectivity index is 2.05. The summed E-state index contributed by atoms with van der Waals surface area (Å²) in [5, 5.41) is 13.4. The average molecular weight is 285 g/mol. The zero-order valence-corrected chi connectivity index (χ0v) is 13.1. The van der Waals surface area contributed by atoms with Crippen LogP contribution in [0.2, 0.25) is 0 Å². The highest BCUT2D eigenvalue weighted by molar-refractivity contribution is 5.40. The van der Waals surface area contributed by atoms with Crippen molar-refractivity contribution in [2.45, 2.75) is 33.4 Å². The number of aromatic hydroxyl groups is 1. The minimum Gasteiger partial charge on any atom is -0.507 e. The van der Waals surface area contributed by atoms with E-state index in [0.29, 0.717) is 12.3 Å². The number of phenolic OH excluding ortho intramolecular Hbond substituents is 1. The van der Waals surface area contributed by atoms with Gasteiger partial charge in [0.2, 0.25) is 0 Å². The highest BCUT2D eigenvalue weighted by Crippen LogP contribution is 2.24. The maximum Gasteiger partial charge on any atom is 0.123 e. The van der Waals surface area contributed by atoms with Crippen molar-refractivity contribution in [2.75, 3.05) is 7.11 Å². The zero-order valence-electron chi connectivity index (χ0n) is 13.1. The number of hydrogen-bond acceptors (Lipinski definition) is 3. The Labute approximate surface area is 126 Å². The second-order valence-electron chi connectivity index (χ2n) is 5.46.